The number of hydrogen-bond donors (Lipinski definition) is 4. The standard InChI is InChI=1S/C17H20N6O2/c24-16(21-13-3-1-7-18-9-13)20-11-15(12-5-6-12)23-17(25)22-14-4-2-8-19-10-14/h1-4,7-10,12,15H,5-6,11H2,(H2,20,21,24)(H2,22,23,25)/t15-/m0/s1. The number of hydrogen-bond acceptors (Lipinski definition) is 4. The van der Waals surface area contributed by atoms with Gasteiger partial charge in [-0.15, -0.1) is 0 Å². The molecule has 1 saturated carbocycles. The Bertz CT molecular complexity index is 706. The second-order valence-corrected chi connectivity index (χ2v) is 5.86. The van der Waals surface area contributed by atoms with Crippen LogP contribution in [0.4, 0.5) is 21.0 Å². The summed E-state index contributed by atoms with van der Waals surface area (Å²) in [4.78, 5) is 31.9. The van der Waals surface area contributed by atoms with Gasteiger partial charge in [-0.1, -0.05) is 0 Å². The van der Waals surface area contributed by atoms with E-state index >= 15 is 0 Å². The smallest absolute Gasteiger partial charge is 0.319 e. The number of carbonyl (C=O) groups excluding carboxylic acids is 2. The van der Waals surface area contributed by atoms with Gasteiger partial charge in [0.25, 0.3) is 0 Å². The highest BCUT2D eigenvalue weighted by Gasteiger charge is 2.32. The number of nitrogens with zero attached hydrogens (tertiary/aromatic N) is 2. The van der Waals surface area contributed by atoms with Crippen LogP contribution in [0.1, 0.15) is 12.8 Å². The maximum Gasteiger partial charge on any atom is 0.319 e. The number of amides is 4. The van der Waals surface area contributed by atoms with Crippen LogP contribution in [-0.2, 0) is 0 Å². The molecule has 3 rings (SSSR count). The molecule has 4 amide bonds. The number of anilines is 2. The highest BCUT2D eigenvalue weighted by Crippen LogP contribution is 2.32. The molecule has 2 heterocycles. The Kier molecular flexibility index (Phi) is 5.40. The van der Waals surface area contributed by atoms with Crippen molar-refractivity contribution in [2.45, 2.75) is 18.9 Å². The van der Waals surface area contributed by atoms with Gasteiger partial charge in [-0.05, 0) is 43.0 Å². The van der Waals surface area contributed by atoms with Crippen molar-refractivity contribution < 1.29 is 9.59 Å². The Morgan fingerprint density at radius 2 is 1.60 bits per heavy atom. The molecular formula is C17H20N6O2. The van der Waals surface area contributed by atoms with Crippen molar-refractivity contribution >= 4 is 23.4 Å². The lowest BCUT2D eigenvalue weighted by atomic mass is 10.2. The van der Waals surface area contributed by atoms with Crippen LogP contribution >= 0.6 is 0 Å². The van der Waals surface area contributed by atoms with Crippen LogP contribution in [0, 0.1) is 5.92 Å². The Hall–Kier alpha value is -3.16. The molecule has 1 aliphatic carbocycles. The SMILES string of the molecule is O=C(NC[C@H](NC(=O)Nc1cccnc1)C1CC1)Nc1cccnc1. The summed E-state index contributed by atoms with van der Waals surface area (Å²) >= 11 is 0. The number of urea groups is 2. The van der Waals surface area contributed by atoms with Crippen LogP contribution in [0.15, 0.2) is 49.1 Å². The maximum absolute atomic E-state index is 12.1. The third-order valence-corrected chi connectivity index (χ3v) is 3.83. The zero-order chi connectivity index (χ0) is 17.5. The molecule has 4 N–H and O–H groups in total. The first-order chi connectivity index (χ1) is 12.2. The van der Waals surface area contributed by atoms with Gasteiger partial charge in [-0.3, -0.25) is 9.97 Å². The molecule has 0 aliphatic heterocycles. The largest absolute Gasteiger partial charge is 0.336 e. The number of pyridine rings is 2. The van der Waals surface area contributed by atoms with Crippen molar-refractivity contribution in [2.24, 2.45) is 5.92 Å². The molecule has 0 saturated heterocycles. The number of aromatic nitrogens is 2. The van der Waals surface area contributed by atoms with Crippen LogP contribution in [0.3, 0.4) is 0 Å². The van der Waals surface area contributed by atoms with Gasteiger partial charge in [-0.2, -0.15) is 0 Å². The lowest BCUT2D eigenvalue weighted by Crippen LogP contribution is -2.47. The molecule has 1 atom stereocenters. The lowest BCUT2D eigenvalue weighted by Gasteiger charge is -2.19. The quantitative estimate of drug-likeness (QED) is 0.646. The molecule has 1 fully saturated rings. The summed E-state index contributed by atoms with van der Waals surface area (Å²) in [6.07, 6.45) is 8.51. The molecule has 0 unspecified atom stereocenters. The number of rotatable bonds is 6. The number of carbonyl (C=O) groups is 2. The van der Waals surface area contributed by atoms with E-state index in [1.807, 2.05) is 0 Å². The predicted octanol–water partition coefficient (Wildman–Crippen LogP) is 2.20. The Morgan fingerprint density at radius 1 is 1.00 bits per heavy atom. The number of nitrogens with one attached hydrogen (secondary N) is 4. The average Bonchev–Trinajstić information content (AvgIpc) is 3.45. The van der Waals surface area contributed by atoms with Gasteiger partial charge >= 0.3 is 12.1 Å². The van der Waals surface area contributed by atoms with Crippen molar-refractivity contribution in [1.82, 2.24) is 20.6 Å². The Balaban J connectivity index is 1.46. The predicted molar refractivity (Wildman–Crippen MR) is 94.2 cm³/mol. The van der Waals surface area contributed by atoms with Gasteiger partial charge in [0.05, 0.1) is 29.8 Å². The fraction of sp³-hybridized carbons (Fsp3) is 0.294. The normalized spacial score (nSPS) is 14.2. The zero-order valence-electron chi connectivity index (χ0n) is 13.6. The van der Waals surface area contributed by atoms with E-state index in [1.54, 1.807) is 49.1 Å². The summed E-state index contributed by atoms with van der Waals surface area (Å²) in [6, 6.07) is 6.26. The first-order valence-electron chi connectivity index (χ1n) is 8.13. The minimum atomic E-state index is -0.326. The fourth-order valence-corrected chi connectivity index (χ4v) is 2.42. The van der Waals surface area contributed by atoms with Crippen LogP contribution in [0.5, 0.6) is 0 Å². The molecule has 2 aromatic heterocycles. The van der Waals surface area contributed by atoms with Crippen molar-refractivity contribution in [2.75, 3.05) is 17.2 Å². The first-order valence-corrected chi connectivity index (χ1v) is 8.13. The van der Waals surface area contributed by atoms with E-state index in [-0.39, 0.29) is 18.1 Å². The van der Waals surface area contributed by atoms with E-state index in [2.05, 4.69) is 31.2 Å². The van der Waals surface area contributed by atoms with Gasteiger partial charge in [-0.25, -0.2) is 9.59 Å². The zero-order valence-corrected chi connectivity index (χ0v) is 13.6. The van der Waals surface area contributed by atoms with E-state index in [4.69, 9.17) is 0 Å². The fourth-order valence-electron chi connectivity index (χ4n) is 2.42. The van der Waals surface area contributed by atoms with Crippen molar-refractivity contribution in [3.63, 3.8) is 0 Å². The highest BCUT2D eigenvalue weighted by atomic mass is 16.2. The van der Waals surface area contributed by atoms with Gasteiger partial charge in [0.1, 0.15) is 0 Å². The van der Waals surface area contributed by atoms with E-state index in [0.717, 1.165) is 12.8 Å². The molecule has 0 bridgehead atoms. The van der Waals surface area contributed by atoms with E-state index < -0.39 is 0 Å². The molecular weight excluding hydrogens is 320 g/mol. The molecule has 0 spiro atoms. The average molecular weight is 340 g/mol. The minimum absolute atomic E-state index is 0.115. The minimum Gasteiger partial charge on any atom is -0.336 e. The summed E-state index contributed by atoms with van der Waals surface area (Å²) in [5.74, 6) is 0.387. The molecule has 8 nitrogen and oxygen atoms in total. The second kappa shape index (κ2) is 8.09. The van der Waals surface area contributed by atoms with E-state index in [0.29, 0.717) is 23.8 Å². The Labute approximate surface area is 145 Å². The van der Waals surface area contributed by atoms with E-state index in [9.17, 15) is 9.59 Å². The van der Waals surface area contributed by atoms with Crippen LogP contribution in [0.2, 0.25) is 0 Å². The summed E-state index contributed by atoms with van der Waals surface area (Å²) in [5.41, 5.74) is 1.24. The molecule has 0 radical (unpaired) electrons. The van der Waals surface area contributed by atoms with Gasteiger partial charge in [0.15, 0.2) is 0 Å². The third kappa shape index (κ3) is 5.45. The monoisotopic (exact) mass is 340 g/mol. The summed E-state index contributed by atoms with van der Waals surface area (Å²) in [6.45, 7) is 0.358. The summed E-state index contributed by atoms with van der Waals surface area (Å²) in [5, 5.41) is 11.1. The third-order valence-electron chi connectivity index (χ3n) is 3.83. The van der Waals surface area contributed by atoms with E-state index in [1.165, 1.54) is 0 Å². The highest BCUT2D eigenvalue weighted by molar-refractivity contribution is 5.90. The van der Waals surface area contributed by atoms with Gasteiger partial charge in [0.2, 0.25) is 0 Å². The molecule has 1 aliphatic rings. The lowest BCUT2D eigenvalue weighted by molar-refractivity contribution is 0.242. The second-order valence-electron chi connectivity index (χ2n) is 5.86. The first kappa shape index (κ1) is 16.7. The molecule has 25 heavy (non-hydrogen) atoms. The summed E-state index contributed by atoms with van der Waals surface area (Å²) < 4.78 is 0. The van der Waals surface area contributed by atoms with Crippen LogP contribution in [-0.4, -0.2) is 34.6 Å². The van der Waals surface area contributed by atoms with Crippen LogP contribution in [0.25, 0.3) is 0 Å². The van der Waals surface area contributed by atoms with Gasteiger partial charge < -0.3 is 21.3 Å². The van der Waals surface area contributed by atoms with Crippen molar-refractivity contribution in [1.29, 1.82) is 0 Å². The molecule has 130 valence electrons. The molecule has 2 aromatic rings. The molecule has 0 aromatic carbocycles. The Morgan fingerprint density at radius 3 is 2.12 bits per heavy atom. The van der Waals surface area contributed by atoms with Crippen molar-refractivity contribution in [3.8, 4) is 0 Å². The van der Waals surface area contributed by atoms with Crippen molar-refractivity contribution in [3.05, 3.63) is 49.1 Å². The maximum atomic E-state index is 12.1. The van der Waals surface area contributed by atoms with Crippen LogP contribution < -0.4 is 21.3 Å². The summed E-state index contributed by atoms with van der Waals surface area (Å²) in [7, 11) is 0. The van der Waals surface area contributed by atoms with Gasteiger partial charge in [0, 0.05) is 18.9 Å². The topological polar surface area (TPSA) is 108 Å². The molecule has 8 heteroatoms.